The Labute approximate surface area is 124 Å². The summed E-state index contributed by atoms with van der Waals surface area (Å²) in [5, 5.41) is 13.6. The van der Waals surface area contributed by atoms with Crippen molar-refractivity contribution in [2.45, 2.75) is 19.6 Å². The van der Waals surface area contributed by atoms with Gasteiger partial charge in [0, 0.05) is 12.1 Å². The van der Waals surface area contributed by atoms with Crippen LogP contribution in [0.25, 0.3) is 0 Å². The van der Waals surface area contributed by atoms with Gasteiger partial charge in [-0.15, -0.1) is 0 Å². The molecule has 0 amide bonds. The summed E-state index contributed by atoms with van der Waals surface area (Å²) in [6.45, 7) is -1.00. The Balaban J connectivity index is 2.02. The second-order valence-electron chi connectivity index (χ2n) is 4.47. The molecule has 1 aromatic carbocycles. The zero-order valence-electron chi connectivity index (χ0n) is 11.6. The van der Waals surface area contributed by atoms with Gasteiger partial charge < -0.3 is 10.1 Å². The predicted molar refractivity (Wildman–Crippen MR) is 76.0 cm³/mol. The summed E-state index contributed by atoms with van der Waals surface area (Å²) in [7, 11) is 0. The van der Waals surface area contributed by atoms with Crippen molar-refractivity contribution in [1.29, 1.82) is 0 Å². The number of anilines is 1. The number of halogens is 2. The lowest BCUT2D eigenvalue weighted by atomic mass is 10.1. The van der Waals surface area contributed by atoms with E-state index >= 15 is 0 Å². The average molecular weight is 309 g/mol. The number of pyridine rings is 1. The van der Waals surface area contributed by atoms with Gasteiger partial charge in [0.1, 0.15) is 17.8 Å². The second kappa shape index (κ2) is 6.79. The highest BCUT2D eigenvalue weighted by Crippen LogP contribution is 2.22. The number of benzene rings is 1. The number of aromatic nitrogens is 1. The molecule has 8 heteroatoms. The maximum absolute atomic E-state index is 12.1. The molecule has 1 atom stereocenters. The van der Waals surface area contributed by atoms with Crippen molar-refractivity contribution in [3.05, 3.63) is 58.3 Å². The Morgan fingerprint density at radius 2 is 1.91 bits per heavy atom. The standard InChI is InChI=1S/C14H13F2N3O3/c1-9(10-2-5-12(6-3-10)22-14(15)16)18-13-7-4-11(8-17-13)19(20)21/h2-9,14H,1H3,(H,17,18). The van der Waals surface area contributed by atoms with E-state index in [0.717, 1.165) is 11.8 Å². The van der Waals surface area contributed by atoms with Crippen LogP contribution in [0, 0.1) is 10.1 Å². The highest BCUT2D eigenvalue weighted by Gasteiger charge is 2.10. The van der Waals surface area contributed by atoms with E-state index in [1.54, 1.807) is 12.1 Å². The van der Waals surface area contributed by atoms with Crippen LogP contribution in [0.4, 0.5) is 20.3 Å². The molecule has 2 aromatic rings. The van der Waals surface area contributed by atoms with Crippen molar-refractivity contribution >= 4 is 11.5 Å². The zero-order chi connectivity index (χ0) is 16.1. The van der Waals surface area contributed by atoms with Crippen molar-refractivity contribution in [2.75, 3.05) is 5.32 Å². The lowest BCUT2D eigenvalue weighted by Crippen LogP contribution is -2.08. The van der Waals surface area contributed by atoms with Crippen LogP contribution in [0.2, 0.25) is 0 Å². The summed E-state index contributed by atoms with van der Waals surface area (Å²) in [6.07, 6.45) is 1.16. The van der Waals surface area contributed by atoms with Gasteiger partial charge in [0.15, 0.2) is 0 Å². The number of rotatable bonds is 6. The number of nitrogens with one attached hydrogen (secondary N) is 1. The lowest BCUT2D eigenvalue weighted by Gasteiger charge is -2.15. The molecule has 1 aromatic heterocycles. The molecular formula is C14H13F2N3O3. The van der Waals surface area contributed by atoms with E-state index in [1.807, 2.05) is 6.92 Å². The van der Waals surface area contributed by atoms with Crippen LogP contribution >= 0.6 is 0 Å². The van der Waals surface area contributed by atoms with Crippen LogP contribution in [0.15, 0.2) is 42.6 Å². The number of hydrogen-bond donors (Lipinski definition) is 1. The minimum absolute atomic E-state index is 0.0828. The van der Waals surface area contributed by atoms with Crippen LogP contribution in [-0.4, -0.2) is 16.5 Å². The molecule has 0 aliphatic rings. The first kappa shape index (κ1) is 15.6. The molecule has 0 aliphatic heterocycles. The minimum Gasteiger partial charge on any atom is -0.435 e. The van der Waals surface area contributed by atoms with E-state index in [-0.39, 0.29) is 17.5 Å². The van der Waals surface area contributed by atoms with E-state index in [9.17, 15) is 18.9 Å². The second-order valence-corrected chi connectivity index (χ2v) is 4.47. The molecule has 2 rings (SSSR count). The minimum atomic E-state index is -2.86. The summed E-state index contributed by atoms with van der Waals surface area (Å²) < 4.78 is 28.4. The fourth-order valence-corrected chi connectivity index (χ4v) is 1.82. The third-order valence-electron chi connectivity index (χ3n) is 2.93. The molecule has 6 nitrogen and oxygen atoms in total. The molecule has 22 heavy (non-hydrogen) atoms. The first-order valence-electron chi connectivity index (χ1n) is 6.37. The molecule has 0 saturated carbocycles. The normalized spacial score (nSPS) is 12.0. The van der Waals surface area contributed by atoms with Crippen molar-refractivity contribution in [2.24, 2.45) is 0 Å². The molecule has 0 fully saturated rings. The predicted octanol–water partition coefficient (Wildman–Crippen LogP) is 3.76. The van der Waals surface area contributed by atoms with E-state index in [0.29, 0.717) is 5.82 Å². The van der Waals surface area contributed by atoms with Crippen LogP contribution in [0.1, 0.15) is 18.5 Å². The number of nitrogens with zero attached hydrogens (tertiary/aromatic N) is 2. The molecule has 1 N–H and O–H groups in total. The van der Waals surface area contributed by atoms with Gasteiger partial charge in [-0.05, 0) is 30.7 Å². The zero-order valence-corrected chi connectivity index (χ0v) is 11.6. The van der Waals surface area contributed by atoms with Crippen molar-refractivity contribution in [1.82, 2.24) is 4.98 Å². The summed E-state index contributed by atoms with van der Waals surface area (Å²) in [6, 6.07) is 8.90. The van der Waals surface area contributed by atoms with Crippen LogP contribution in [0.3, 0.4) is 0 Å². The fourth-order valence-electron chi connectivity index (χ4n) is 1.82. The summed E-state index contributed by atoms with van der Waals surface area (Å²) in [4.78, 5) is 14.0. The fraction of sp³-hybridized carbons (Fsp3) is 0.214. The summed E-state index contributed by atoms with van der Waals surface area (Å²) in [5.74, 6) is 0.561. The first-order valence-corrected chi connectivity index (χ1v) is 6.37. The number of alkyl halides is 2. The number of nitro groups is 1. The Morgan fingerprint density at radius 3 is 2.41 bits per heavy atom. The van der Waals surface area contributed by atoms with E-state index in [4.69, 9.17) is 0 Å². The third kappa shape index (κ3) is 4.11. The Hall–Kier alpha value is -2.77. The molecule has 116 valence electrons. The van der Waals surface area contributed by atoms with Crippen molar-refractivity contribution < 1.29 is 18.4 Å². The van der Waals surface area contributed by atoms with Gasteiger partial charge in [-0.25, -0.2) is 4.98 Å². The largest absolute Gasteiger partial charge is 0.435 e. The van der Waals surface area contributed by atoms with Gasteiger partial charge in [-0.2, -0.15) is 8.78 Å². The molecule has 0 radical (unpaired) electrons. The molecular weight excluding hydrogens is 296 g/mol. The van der Waals surface area contributed by atoms with Gasteiger partial charge in [-0.3, -0.25) is 10.1 Å². The molecule has 0 saturated heterocycles. The summed E-state index contributed by atoms with van der Waals surface area (Å²) in [5.41, 5.74) is 0.744. The first-order chi connectivity index (χ1) is 10.5. The van der Waals surface area contributed by atoms with Gasteiger partial charge in [0.25, 0.3) is 5.69 Å². The smallest absolute Gasteiger partial charge is 0.387 e. The molecule has 0 bridgehead atoms. The Bertz CT molecular complexity index is 633. The SMILES string of the molecule is CC(Nc1ccc([N+](=O)[O-])cn1)c1ccc(OC(F)F)cc1. The van der Waals surface area contributed by atoms with E-state index in [1.165, 1.54) is 24.3 Å². The average Bonchev–Trinajstić information content (AvgIpc) is 2.48. The van der Waals surface area contributed by atoms with Crippen molar-refractivity contribution in [3.8, 4) is 5.75 Å². The monoisotopic (exact) mass is 309 g/mol. The molecule has 1 unspecified atom stereocenters. The Kier molecular flexibility index (Phi) is 4.82. The lowest BCUT2D eigenvalue weighted by molar-refractivity contribution is -0.385. The topological polar surface area (TPSA) is 77.3 Å². The number of hydrogen-bond acceptors (Lipinski definition) is 5. The highest BCUT2D eigenvalue weighted by atomic mass is 19.3. The van der Waals surface area contributed by atoms with Crippen molar-refractivity contribution in [3.63, 3.8) is 0 Å². The van der Waals surface area contributed by atoms with E-state index in [2.05, 4.69) is 15.0 Å². The van der Waals surface area contributed by atoms with Gasteiger partial charge in [0.05, 0.1) is 4.92 Å². The van der Waals surface area contributed by atoms with Crippen LogP contribution in [0.5, 0.6) is 5.75 Å². The van der Waals surface area contributed by atoms with E-state index < -0.39 is 11.5 Å². The van der Waals surface area contributed by atoms with Gasteiger partial charge in [0.2, 0.25) is 0 Å². The quantitative estimate of drug-likeness (QED) is 0.649. The Morgan fingerprint density at radius 1 is 1.23 bits per heavy atom. The summed E-state index contributed by atoms with van der Waals surface area (Å²) >= 11 is 0. The maximum atomic E-state index is 12.1. The molecule has 0 aliphatic carbocycles. The molecule has 1 heterocycles. The molecule has 0 spiro atoms. The number of ether oxygens (including phenoxy) is 1. The van der Waals surface area contributed by atoms with Gasteiger partial charge >= 0.3 is 6.61 Å². The maximum Gasteiger partial charge on any atom is 0.387 e. The van der Waals surface area contributed by atoms with Crippen LogP contribution in [-0.2, 0) is 0 Å². The van der Waals surface area contributed by atoms with Gasteiger partial charge in [-0.1, -0.05) is 12.1 Å². The van der Waals surface area contributed by atoms with Crippen LogP contribution < -0.4 is 10.1 Å². The highest BCUT2D eigenvalue weighted by molar-refractivity contribution is 5.42. The third-order valence-corrected chi connectivity index (χ3v) is 2.93.